The molecule has 16 heavy (non-hydrogen) atoms. The molecule has 1 saturated heterocycles. The molecule has 2 heterocycles. The highest BCUT2D eigenvalue weighted by Gasteiger charge is 2.19. The van der Waals surface area contributed by atoms with Crippen molar-refractivity contribution in [1.29, 1.82) is 0 Å². The molecule has 1 aliphatic rings. The molecule has 0 saturated carbocycles. The van der Waals surface area contributed by atoms with Crippen molar-refractivity contribution < 1.29 is 4.52 Å². The number of nitrogens with two attached hydrogens (primary N) is 1. The van der Waals surface area contributed by atoms with Crippen LogP contribution in [-0.4, -0.2) is 41.7 Å². The second-order valence-electron chi connectivity index (χ2n) is 4.62. The predicted molar refractivity (Wildman–Crippen MR) is 61.0 cm³/mol. The SMILES string of the molecule is CN1CCCC(Cc2noc(CCN)n2)C1. The van der Waals surface area contributed by atoms with E-state index in [1.807, 2.05) is 0 Å². The van der Waals surface area contributed by atoms with Gasteiger partial charge in [-0.1, -0.05) is 5.16 Å². The third kappa shape index (κ3) is 3.02. The van der Waals surface area contributed by atoms with E-state index in [4.69, 9.17) is 10.3 Å². The van der Waals surface area contributed by atoms with E-state index in [2.05, 4.69) is 22.1 Å². The van der Waals surface area contributed by atoms with E-state index < -0.39 is 0 Å². The number of hydrogen-bond donors (Lipinski definition) is 1. The Balaban J connectivity index is 1.87. The lowest BCUT2D eigenvalue weighted by atomic mass is 9.95. The van der Waals surface area contributed by atoms with Crippen molar-refractivity contribution in [2.24, 2.45) is 11.7 Å². The van der Waals surface area contributed by atoms with Crippen LogP contribution in [0, 0.1) is 5.92 Å². The fraction of sp³-hybridized carbons (Fsp3) is 0.818. The molecular formula is C11H20N4O. The molecule has 0 aromatic carbocycles. The molecule has 90 valence electrons. The second-order valence-corrected chi connectivity index (χ2v) is 4.62. The number of hydrogen-bond acceptors (Lipinski definition) is 5. The van der Waals surface area contributed by atoms with Gasteiger partial charge in [0.1, 0.15) is 0 Å². The fourth-order valence-corrected chi connectivity index (χ4v) is 2.30. The van der Waals surface area contributed by atoms with Crippen molar-refractivity contribution in [1.82, 2.24) is 15.0 Å². The molecule has 0 spiro atoms. The van der Waals surface area contributed by atoms with Gasteiger partial charge in [0.25, 0.3) is 0 Å². The Kier molecular flexibility index (Phi) is 3.90. The molecule has 5 nitrogen and oxygen atoms in total. The summed E-state index contributed by atoms with van der Waals surface area (Å²) < 4.78 is 5.12. The molecule has 0 radical (unpaired) electrons. The van der Waals surface area contributed by atoms with Crippen molar-refractivity contribution in [3.63, 3.8) is 0 Å². The second kappa shape index (κ2) is 5.41. The lowest BCUT2D eigenvalue weighted by molar-refractivity contribution is 0.206. The first-order chi connectivity index (χ1) is 7.78. The van der Waals surface area contributed by atoms with Crippen molar-refractivity contribution in [2.75, 3.05) is 26.7 Å². The Morgan fingerprint density at radius 2 is 2.44 bits per heavy atom. The molecule has 0 amide bonds. The summed E-state index contributed by atoms with van der Waals surface area (Å²) in [5.41, 5.74) is 5.44. The van der Waals surface area contributed by atoms with E-state index in [0.29, 0.717) is 24.8 Å². The van der Waals surface area contributed by atoms with Crippen LogP contribution in [0.15, 0.2) is 4.52 Å². The zero-order valence-corrected chi connectivity index (χ0v) is 9.85. The number of nitrogens with zero attached hydrogens (tertiary/aromatic N) is 3. The van der Waals surface area contributed by atoms with E-state index in [-0.39, 0.29) is 0 Å². The van der Waals surface area contributed by atoms with Gasteiger partial charge in [0.15, 0.2) is 5.82 Å². The van der Waals surface area contributed by atoms with Gasteiger partial charge in [0.2, 0.25) is 5.89 Å². The van der Waals surface area contributed by atoms with Gasteiger partial charge in [0.05, 0.1) is 0 Å². The fourth-order valence-electron chi connectivity index (χ4n) is 2.30. The Bertz CT molecular complexity index is 326. The van der Waals surface area contributed by atoms with Crippen molar-refractivity contribution in [3.8, 4) is 0 Å². The molecule has 0 bridgehead atoms. The number of piperidine rings is 1. The third-order valence-electron chi connectivity index (χ3n) is 3.06. The summed E-state index contributed by atoms with van der Waals surface area (Å²) >= 11 is 0. The molecule has 2 rings (SSSR count). The van der Waals surface area contributed by atoms with Gasteiger partial charge in [-0.15, -0.1) is 0 Å². The first kappa shape index (κ1) is 11.5. The van der Waals surface area contributed by atoms with Crippen LogP contribution >= 0.6 is 0 Å². The summed E-state index contributed by atoms with van der Waals surface area (Å²) in [7, 11) is 2.17. The van der Waals surface area contributed by atoms with Gasteiger partial charge in [0, 0.05) is 25.9 Å². The number of aromatic nitrogens is 2. The molecule has 1 aliphatic heterocycles. The smallest absolute Gasteiger partial charge is 0.227 e. The van der Waals surface area contributed by atoms with E-state index in [0.717, 1.165) is 18.8 Å². The minimum absolute atomic E-state index is 0.563. The highest BCUT2D eigenvalue weighted by molar-refractivity contribution is 4.90. The average molecular weight is 224 g/mol. The number of likely N-dealkylation sites (tertiary alicyclic amines) is 1. The van der Waals surface area contributed by atoms with Gasteiger partial charge >= 0.3 is 0 Å². The minimum atomic E-state index is 0.563. The van der Waals surface area contributed by atoms with Crippen LogP contribution < -0.4 is 5.73 Å². The van der Waals surface area contributed by atoms with Gasteiger partial charge < -0.3 is 15.2 Å². The first-order valence-corrected chi connectivity index (χ1v) is 5.98. The maximum Gasteiger partial charge on any atom is 0.227 e. The maximum absolute atomic E-state index is 5.44. The van der Waals surface area contributed by atoms with Crippen LogP contribution in [0.25, 0.3) is 0 Å². The van der Waals surface area contributed by atoms with Crippen LogP contribution in [0.2, 0.25) is 0 Å². The van der Waals surface area contributed by atoms with E-state index in [1.54, 1.807) is 0 Å². The van der Waals surface area contributed by atoms with Gasteiger partial charge in [-0.3, -0.25) is 0 Å². The van der Waals surface area contributed by atoms with Crippen molar-refractivity contribution >= 4 is 0 Å². The monoisotopic (exact) mass is 224 g/mol. The number of rotatable bonds is 4. The molecule has 1 fully saturated rings. The maximum atomic E-state index is 5.44. The summed E-state index contributed by atoms with van der Waals surface area (Å²) in [5, 5.41) is 3.99. The lowest BCUT2D eigenvalue weighted by Crippen LogP contribution is -2.33. The standard InChI is InChI=1S/C11H20N4O/c1-15-6-2-3-9(8-15)7-10-13-11(4-5-12)16-14-10/h9H,2-8,12H2,1H3. The third-order valence-corrected chi connectivity index (χ3v) is 3.06. The highest BCUT2D eigenvalue weighted by Crippen LogP contribution is 2.18. The Morgan fingerprint density at radius 1 is 1.56 bits per heavy atom. The van der Waals surface area contributed by atoms with Gasteiger partial charge in [-0.05, 0) is 32.4 Å². The summed E-state index contributed by atoms with van der Waals surface area (Å²) in [5.74, 6) is 2.17. The molecule has 5 heteroatoms. The van der Waals surface area contributed by atoms with Crippen LogP contribution in [0.4, 0.5) is 0 Å². The minimum Gasteiger partial charge on any atom is -0.339 e. The Morgan fingerprint density at radius 3 is 3.19 bits per heavy atom. The highest BCUT2D eigenvalue weighted by atomic mass is 16.5. The Labute approximate surface area is 96.0 Å². The van der Waals surface area contributed by atoms with Gasteiger partial charge in [-0.2, -0.15) is 4.98 Å². The van der Waals surface area contributed by atoms with Crippen LogP contribution in [0.3, 0.4) is 0 Å². The molecule has 1 aromatic rings. The van der Waals surface area contributed by atoms with Crippen molar-refractivity contribution in [3.05, 3.63) is 11.7 Å². The Hall–Kier alpha value is -0.940. The van der Waals surface area contributed by atoms with Gasteiger partial charge in [-0.25, -0.2) is 0 Å². The topological polar surface area (TPSA) is 68.2 Å². The summed E-state index contributed by atoms with van der Waals surface area (Å²) in [6.07, 6.45) is 4.15. The molecule has 1 atom stereocenters. The molecule has 2 N–H and O–H groups in total. The zero-order chi connectivity index (χ0) is 11.4. The van der Waals surface area contributed by atoms with Crippen LogP contribution in [0.1, 0.15) is 24.6 Å². The largest absolute Gasteiger partial charge is 0.339 e. The molecular weight excluding hydrogens is 204 g/mol. The van der Waals surface area contributed by atoms with E-state index in [1.165, 1.54) is 19.4 Å². The summed E-state index contributed by atoms with van der Waals surface area (Å²) in [6, 6.07) is 0. The van der Waals surface area contributed by atoms with E-state index in [9.17, 15) is 0 Å². The van der Waals surface area contributed by atoms with Crippen molar-refractivity contribution in [2.45, 2.75) is 25.7 Å². The zero-order valence-electron chi connectivity index (χ0n) is 9.85. The first-order valence-electron chi connectivity index (χ1n) is 5.98. The predicted octanol–water partition coefficient (Wildman–Crippen LogP) is 0.455. The molecule has 1 aromatic heterocycles. The quantitative estimate of drug-likeness (QED) is 0.804. The van der Waals surface area contributed by atoms with E-state index >= 15 is 0 Å². The van der Waals surface area contributed by atoms with Crippen LogP contribution in [-0.2, 0) is 12.8 Å². The van der Waals surface area contributed by atoms with Crippen LogP contribution in [0.5, 0.6) is 0 Å². The average Bonchev–Trinajstić information content (AvgIpc) is 2.66. The molecule has 1 unspecified atom stereocenters. The molecule has 0 aliphatic carbocycles. The lowest BCUT2D eigenvalue weighted by Gasteiger charge is -2.28. The normalized spacial score (nSPS) is 22.5. The summed E-state index contributed by atoms with van der Waals surface area (Å²) in [4.78, 5) is 6.71. The summed E-state index contributed by atoms with van der Waals surface area (Å²) in [6.45, 7) is 2.91.